The summed E-state index contributed by atoms with van der Waals surface area (Å²) in [5, 5.41) is 17.5. The summed E-state index contributed by atoms with van der Waals surface area (Å²) in [6, 6.07) is 5.62. The van der Waals surface area contributed by atoms with Crippen molar-refractivity contribution in [2.75, 3.05) is 18.5 Å². The number of ether oxygens (including phenoxy) is 5. The third kappa shape index (κ3) is 4.86. The van der Waals surface area contributed by atoms with Crippen molar-refractivity contribution in [2.45, 2.75) is 77.2 Å². The zero-order chi connectivity index (χ0) is 26.1. The molecule has 2 aliphatic heterocycles. The SMILES string of the molecule is CCCC(=O)Nc1ncnn2c([C@]3(C#N)O[C@H](COC(=O)OCC(C)C)[C@H]4OC(C)(C)O[C@H]43)ccc12. The van der Waals surface area contributed by atoms with Crippen LogP contribution < -0.4 is 5.32 Å². The zero-order valence-corrected chi connectivity index (χ0v) is 21.0. The Bertz CT molecular complexity index is 1170. The van der Waals surface area contributed by atoms with Gasteiger partial charge in [-0.2, -0.15) is 10.4 Å². The molecule has 2 aromatic rings. The van der Waals surface area contributed by atoms with Gasteiger partial charge >= 0.3 is 6.16 Å². The Morgan fingerprint density at radius 2 is 2.03 bits per heavy atom. The van der Waals surface area contributed by atoms with Crippen LogP contribution in [0.3, 0.4) is 0 Å². The number of aromatic nitrogens is 3. The van der Waals surface area contributed by atoms with E-state index < -0.39 is 35.9 Å². The highest BCUT2D eigenvalue weighted by molar-refractivity contribution is 5.93. The van der Waals surface area contributed by atoms with Crippen molar-refractivity contribution in [3.05, 3.63) is 24.2 Å². The molecule has 0 bridgehead atoms. The molecule has 4 atom stereocenters. The second kappa shape index (κ2) is 10.0. The first kappa shape index (κ1) is 25.8. The number of carbonyl (C=O) groups is 2. The van der Waals surface area contributed by atoms with E-state index in [1.165, 1.54) is 10.8 Å². The summed E-state index contributed by atoms with van der Waals surface area (Å²) < 4.78 is 30.3. The molecular weight excluding hydrogens is 470 g/mol. The lowest BCUT2D eigenvalue weighted by atomic mass is 9.92. The second-order valence-electron chi connectivity index (χ2n) is 9.71. The average Bonchev–Trinajstić information content (AvgIpc) is 3.47. The molecule has 0 aliphatic carbocycles. The summed E-state index contributed by atoms with van der Waals surface area (Å²) in [6.07, 6.45) is -0.853. The number of nitrogens with zero attached hydrogens (tertiary/aromatic N) is 4. The number of amides is 1. The van der Waals surface area contributed by atoms with Crippen LogP contribution in [0.25, 0.3) is 5.52 Å². The Labute approximate surface area is 208 Å². The minimum atomic E-state index is -1.64. The molecule has 0 saturated carbocycles. The summed E-state index contributed by atoms with van der Waals surface area (Å²) in [7, 11) is 0. The predicted octanol–water partition coefficient (Wildman–Crippen LogP) is 2.91. The molecular formula is C24H31N5O7. The quantitative estimate of drug-likeness (QED) is 0.536. The molecule has 0 unspecified atom stereocenters. The van der Waals surface area contributed by atoms with Crippen molar-refractivity contribution in [2.24, 2.45) is 5.92 Å². The van der Waals surface area contributed by atoms with Gasteiger partial charge in [-0.05, 0) is 38.3 Å². The van der Waals surface area contributed by atoms with Crippen LogP contribution in [0, 0.1) is 17.2 Å². The van der Waals surface area contributed by atoms with E-state index in [0.717, 1.165) is 0 Å². The average molecular weight is 502 g/mol. The van der Waals surface area contributed by atoms with Crippen LogP contribution in [0.4, 0.5) is 10.6 Å². The summed E-state index contributed by atoms with van der Waals surface area (Å²) >= 11 is 0. The molecule has 12 nitrogen and oxygen atoms in total. The van der Waals surface area contributed by atoms with E-state index in [-0.39, 0.29) is 25.0 Å². The Morgan fingerprint density at radius 1 is 1.25 bits per heavy atom. The zero-order valence-electron chi connectivity index (χ0n) is 21.0. The van der Waals surface area contributed by atoms with Crippen LogP contribution in [0.15, 0.2) is 18.5 Å². The van der Waals surface area contributed by atoms with E-state index in [2.05, 4.69) is 21.5 Å². The minimum Gasteiger partial charge on any atom is -0.434 e. The summed E-state index contributed by atoms with van der Waals surface area (Å²) in [4.78, 5) is 28.4. The summed E-state index contributed by atoms with van der Waals surface area (Å²) in [6.45, 7) is 9.23. The monoisotopic (exact) mass is 501 g/mol. The lowest BCUT2D eigenvalue weighted by molar-refractivity contribution is -0.205. The normalized spacial score (nSPS) is 26.5. The second-order valence-corrected chi connectivity index (χ2v) is 9.71. The highest BCUT2D eigenvalue weighted by Crippen LogP contribution is 2.49. The van der Waals surface area contributed by atoms with Gasteiger partial charge in [0.25, 0.3) is 0 Å². The fourth-order valence-corrected chi connectivity index (χ4v) is 4.39. The maximum atomic E-state index is 12.2. The standard InChI is InChI=1S/C24H31N5O7/c1-6-7-18(30)28-21-15-8-9-17(29(15)27-13-26-21)24(12-25)20-19(35-23(4,5)36-20)16(34-24)11-33-22(31)32-10-14(2)3/h8-9,13-14,16,19-20H,6-7,10-11H2,1-5H3,(H,26,27,28,30)/t16-,19-,20-,24+/m1/s1. The molecule has 0 spiro atoms. The van der Waals surface area contributed by atoms with Crippen molar-refractivity contribution < 1.29 is 33.3 Å². The van der Waals surface area contributed by atoms with E-state index in [4.69, 9.17) is 23.7 Å². The first-order valence-corrected chi connectivity index (χ1v) is 12.0. The van der Waals surface area contributed by atoms with E-state index >= 15 is 0 Å². The molecule has 1 N–H and O–H groups in total. The van der Waals surface area contributed by atoms with E-state index in [9.17, 15) is 14.9 Å². The van der Waals surface area contributed by atoms with Gasteiger partial charge in [0.2, 0.25) is 11.5 Å². The van der Waals surface area contributed by atoms with E-state index in [1.807, 2.05) is 20.8 Å². The molecule has 2 saturated heterocycles. The molecule has 12 heteroatoms. The minimum absolute atomic E-state index is 0.157. The van der Waals surface area contributed by atoms with Gasteiger partial charge in [-0.3, -0.25) is 4.79 Å². The van der Waals surface area contributed by atoms with Crippen LogP contribution in [0.1, 0.15) is 53.2 Å². The van der Waals surface area contributed by atoms with Crippen LogP contribution >= 0.6 is 0 Å². The van der Waals surface area contributed by atoms with Crippen LogP contribution in [-0.2, 0) is 34.1 Å². The summed E-state index contributed by atoms with van der Waals surface area (Å²) in [5.74, 6) is -0.707. The van der Waals surface area contributed by atoms with E-state index in [0.29, 0.717) is 29.9 Å². The number of carbonyl (C=O) groups excluding carboxylic acids is 2. The van der Waals surface area contributed by atoms with Gasteiger partial charge in [0, 0.05) is 6.42 Å². The first-order chi connectivity index (χ1) is 17.1. The molecule has 0 aromatic carbocycles. The first-order valence-electron chi connectivity index (χ1n) is 12.0. The number of anilines is 1. The smallest absolute Gasteiger partial charge is 0.434 e. The topological polar surface area (TPSA) is 146 Å². The van der Waals surface area contributed by atoms with Gasteiger partial charge in [-0.25, -0.2) is 14.3 Å². The predicted molar refractivity (Wildman–Crippen MR) is 125 cm³/mol. The van der Waals surface area contributed by atoms with Gasteiger partial charge in [0.1, 0.15) is 42.8 Å². The maximum absolute atomic E-state index is 12.2. The summed E-state index contributed by atoms with van der Waals surface area (Å²) in [5.41, 5.74) is -0.781. The van der Waals surface area contributed by atoms with Crippen molar-refractivity contribution in [3.63, 3.8) is 0 Å². The lowest BCUT2D eigenvalue weighted by Crippen LogP contribution is -2.40. The molecule has 4 heterocycles. The molecule has 2 aromatic heterocycles. The Hall–Kier alpha value is -3.27. The van der Waals surface area contributed by atoms with E-state index in [1.54, 1.807) is 26.0 Å². The fraction of sp³-hybridized carbons (Fsp3) is 0.625. The van der Waals surface area contributed by atoms with Gasteiger partial charge in [-0.15, -0.1) is 0 Å². The van der Waals surface area contributed by atoms with Crippen molar-refractivity contribution in [1.82, 2.24) is 14.6 Å². The number of nitrogens with one attached hydrogen (secondary N) is 1. The number of hydrogen-bond acceptors (Lipinski definition) is 10. The van der Waals surface area contributed by atoms with Crippen molar-refractivity contribution in [3.8, 4) is 6.07 Å². The van der Waals surface area contributed by atoms with Gasteiger partial charge in [0.05, 0.1) is 12.3 Å². The van der Waals surface area contributed by atoms with Gasteiger partial charge in [0.15, 0.2) is 11.6 Å². The van der Waals surface area contributed by atoms with Crippen LogP contribution in [-0.4, -0.2) is 64.0 Å². The number of hydrogen-bond donors (Lipinski definition) is 1. The highest BCUT2D eigenvalue weighted by Gasteiger charge is 2.65. The van der Waals surface area contributed by atoms with Gasteiger partial charge < -0.3 is 29.0 Å². The Morgan fingerprint density at radius 3 is 2.72 bits per heavy atom. The van der Waals surface area contributed by atoms with Crippen LogP contribution in [0.5, 0.6) is 0 Å². The molecule has 2 fully saturated rings. The van der Waals surface area contributed by atoms with Crippen molar-refractivity contribution in [1.29, 1.82) is 5.26 Å². The van der Waals surface area contributed by atoms with Gasteiger partial charge in [-0.1, -0.05) is 20.8 Å². The Kier molecular flexibility index (Phi) is 7.17. The molecule has 4 rings (SSSR count). The lowest BCUT2D eigenvalue weighted by Gasteiger charge is -2.28. The molecule has 1 amide bonds. The largest absolute Gasteiger partial charge is 0.508 e. The fourth-order valence-electron chi connectivity index (χ4n) is 4.39. The third-order valence-electron chi connectivity index (χ3n) is 5.87. The molecule has 2 aliphatic rings. The number of rotatable bonds is 8. The maximum Gasteiger partial charge on any atom is 0.508 e. The van der Waals surface area contributed by atoms with Crippen LogP contribution in [0.2, 0.25) is 0 Å². The highest BCUT2D eigenvalue weighted by atomic mass is 16.8. The molecule has 36 heavy (non-hydrogen) atoms. The number of fused-ring (bicyclic) bond motifs is 2. The molecule has 194 valence electrons. The number of nitriles is 1. The third-order valence-corrected chi connectivity index (χ3v) is 5.87. The Balaban J connectivity index is 1.65. The van der Waals surface area contributed by atoms with Crippen molar-refractivity contribution >= 4 is 23.4 Å². The molecule has 0 radical (unpaired) electrons.